The molecule has 0 bridgehead atoms. The summed E-state index contributed by atoms with van der Waals surface area (Å²) in [4.78, 5) is 4.79. The van der Waals surface area contributed by atoms with E-state index in [1.54, 1.807) is 6.20 Å². The van der Waals surface area contributed by atoms with E-state index in [0.717, 1.165) is 51.2 Å². The van der Waals surface area contributed by atoms with Gasteiger partial charge in [-0.1, -0.05) is 42.5 Å². The maximum atomic E-state index is 8.08. The van der Waals surface area contributed by atoms with Gasteiger partial charge >= 0.3 is 0 Å². The van der Waals surface area contributed by atoms with Crippen LogP contribution in [-0.4, -0.2) is 9.55 Å². The predicted molar refractivity (Wildman–Crippen MR) is 110 cm³/mol. The van der Waals surface area contributed by atoms with Crippen molar-refractivity contribution in [2.45, 2.75) is 20.2 Å². The lowest BCUT2D eigenvalue weighted by Gasteiger charge is -2.11. The zero-order valence-electron chi connectivity index (χ0n) is 18.4. The van der Waals surface area contributed by atoms with Gasteiger partial charge in [-0.25, -0.2) is 9.55 Å². The number of pyridine rings is 1. The summed E-state index contributed by atoms with van der Waals surface area (Å²) in [6.07, 6.45) is 6.76. The van der Waals surface area contributed by atoms with Crippen molar-refractivity contribution in [3.8, 4) is 22.4 Å². The molecular weight excluding hydrogens is 330 g/mol. The smallest absolute Gasteiger partial charge is 0.215 e. The van der Waals surface area contributed by atoms with Gasteiger partial charge in [-0.3, -0.25) is 0 Å². The Labute approximate surface area is 163 Å². The Hall–Kier alpha value is -3.20. The molecule has 27 heavy (non-hydrogen) atoms. The monoisotopic (exact) mass is 355 g/mol. The molecule has 0 fully saturated rings. The average Bonchev–Trinajstić information content (AvgIpc) is 3.30. The summed E-state index contributed by atoms with van der Waals surface area (Å²) in [5.74, 6) is 1.03. The number of rotatable bonds is 2. The third kappa shape index (κ3) is 2.42. The lowest BCUT2D eigenvalue weighted by atomic mass is 9.96. The Bertz CT molecular complexity index is 1320. The molecule has 3 nitrogen and oxygen atoms in total. The standard InChI is InChI=1S/C24H22N3/c1-16-11-12-20-24(27-13-7-10-22(27)25-20)23(16)21-14-19(17(2)15-26(21)3)18-8-5-4-6-9-18/h4-9,11-15H,10H2,1-3H3/q+1/i2D3. The Morgan fingerprint density at radius 1 is 1.11 bits per heavy atom. The molecule has 2 aromatic heterocycles. The molecule has 0 atom stereocenters. The van der Waals surface area contributed by atoms with Gasteiger partial charge in [0.25, 0.3) is 0 Å². The maximum absolute atomic E-state index is 8.08. The van der Waals surface area contributed by atoms with Crippen LogP contribution in [0.3, 0.4) is 0 Å². The Morgan fingerprint density at radius 2 is 1.96 bits per heavy atom. The van der Waals surface area contributed by atoms with Gasteiger partial charge in [-0.2, -0.15) is 0 Å². The summed E-state index contributed by atoms with van der Waals surface area (Å²) >= 11 is 0. The molecule has 4 aromatic rings. The van der Waals surface area contributed by atoms with Gasteiger partial charge in [0, 0.05) is 28.4 Å². The van der Waals surface area contributed by atoms with Gasteiger partial charge in [0.05, 0.1) is 16.6 Å². The van der Waals surface area contributed by atoms with Gasteiger partial charge in [0.2, 0.25) is 5.69 Å². The molecule has 0 saturated carbocycles. The topological polar surface area (TPSA) is 21.7 Å². The van der Waals surface area contributed by atoms with Crippen LogP contribution in [0.1, 0.15) is 21.1 Å². The van der Waals surface area contributed by atoms with Crippen molar-refractivity contribution in [2.24, 2.45) is 7.05 Å². The second kappa shape index (κ2) is 5.92. The summed E-state index contributed by atoms with van der Waals surface area (Å²) in [5.41, 5.74) is 7.17. The van der Waals surface area contributed by atoms with E-state index < -0.39 is 6.85 Å². The van der Waals surface area contributed by atoms with Crippen LogP contribution in [0.25, 0.3) is 39.6 Å². The van der Waals surface area contributed by atoms with Crippen LogP contribution in [0.4, 0.5) is 0 Å². The zero-order valence-corrected chi connectivity index (χ0v) is 15.4. The number of imidazole rings is 1. The lowest BCUT2D eigenvalue weighted by molar-refractivity contribution is -0.660. The third-order valence-electron chi connectivity index (χ3n) is 5.30. The summed E-state index contributed by atoms with van der Waals surface area (Å²) < 4.78 is 28.3. The molecule has 132 valence electrons. The van der Waals surface area contributed by atoms with E-state index in [1.165, 1.54) is 0 Å². The maximum Gasteiger partial charge on any atom is 0.215 e. The van der Waals surface area contributed by atoms with E-state index >= 15 is 0 Å². The predicted octanol–water partition coefficient (Wildman–Crippen LogP) is 4.84. The van der Waals surface area contributed by atoms with E-state index in [9.17, 15) is 0 Å². The molecule has 0 amide bonds. The summed E-state index contributed by atoms with van der Waals surface area (Å²) in [5, 5.41) is 0. The van der Waals surface area contributed by atoms with Crippen LogP contribution in [0, 0.1) is 13.8 Å². The summed E-state index contributed by atoms with van der Waals surface area (Å²) in [7, 11) is 1.91. The SMILES string of the molecule is [2H]C([2H])([2H])c1c[n+](C)c(-c2c(C)ccc3nc4n(c23)C=CC4)cc1-c1ccccc1. The van der Waals surface area contributed by atoms with Gasteiger partial charge < -0.3 is 4.57 Å². The molecule has 2 aromatic carbocycles. The molecular formula is C24H22N3+. The van der Waals surface area contributed by atoms with Gasteiger partial charge in [0.1, 0.15) is 12.9 Å². The first-order valence-corrected chi connectivity index (χ1v) is 9.11. The lowest BCUT2D eigenvalue weighted by Crippen LogP contribution is -2.31. The summed E-state index contributed by atoms with van der Waals surface area (Å²) in [6.45, 7) is -0.115. The van der Waals surface area contributed by atoms with Crippen molar-refractivity contribution in [2.75, 3.05) is 0 Å². The van der Waals surface area contributed by atoms with E-state index in [0.29, 0.717) is 5.56 Å². The number of hydrogen-bond acceptors (Lipinski definition) is 1. The molecule has 3 heteroatoms. The average molecular weight is 355 g/mol. The zero-order chi connectivity index (χ0) is 21.0. The minimum Gasteiger partial charge on any atom is -0.302 e. The fourth-order valence-electron chi connectivity index (χ4n) is 3.98. The van der Waals surface area contributed by atoms with Crippen LogP contribution < -0.4 is 4.57 Å². The van der Waals surface area contributed by atoms with Gasteiger partial charge in [-0.05, 0) is 36.5 Å². The highest BCUT2D eigenvalue weighted by molar-refractivity contribution is 5.95. The minimum absolute atomic E-state index is 0.350. The van der Waals surface area contributed by atoms with Crippen LogP contribution in [0.2, 0.25) is 0 Å². The summed E-state index contributed by atoms with van der Waals surface area (Å²) in [6, 6.07) is 15.9. The Morgan fingerprint density at radius 3 is 2.78 bits per heavy atom. The molecule has 5 rings (SSSR count). The van der Waals surface area contributed by atoms with E-state index in [2.05, 4.69) is 35.9 Å². The van der Waals surface area contributed by atoms with Crippen LogP contribution in [0.5, 0.6) is 0 Å². The Balaban J connectivity index is 1.86. The molecule has 0 saturated heterocycles. The highest BCUT2D eigenvalue weighted by Crippen LogP contribution is 2.35. The third-order valence-corrected chi connectivity index (χ3v) is 5.30. The van der Waals surface area contributed by atoms with Crippen LogP contribution >= 0.6 is 0 Å². The second-order valence-electron chi connectivity index (χ2n) is 7.08. The molecule has 0 radical (unpaired) electrons. The van der Waals surface area contributed by atoms with E-state index in [4.69, 9.17) is 9.10 Å². The van der Waals surface area contributed by atoms with Crippen molar-refractivity contribution >= 4 is 17.2 Å². The first kappa shape index (κ1) is 13.0. The number of nitrogens with zero attached hydrogens (tertiary/aromatic N) is 3. The fourth-order valence-corrected chi connectivity index (χ4v) is 3.98. The highest BCUT2D eigenvalue weighted by atomic mass is 15.1. The number of aromatic nitrogens is 3. The van der Waals surface area contributed by atoms with Gasteiger partial charge in [-0.15, -0.1) is 0 Å². The molecule has 1 aliphatic heterocycles. The molecule has 0 unspecified atom stereocenters. The Kier molecular flexibility index (Phi) is 2.86. The molecule has 3 heterocycles. The van der Waals surface area contributed by atoms with Gasteiger partial charge in [0.15, 0.2) is 6.20 Å². The number of fused-ring (bicyclic) bond motifs is 3. The molecule has 1 aliphatic rings. The normalized spacial score (nSPS) is 14.8. The van der Waals surface area contributed by atoms with E-state index in [1.807, 2.05) is 48.0 Å². The van der Waals surface area contributed by atoms with Crippen molar-refractivity contribution in [1.29, 1.82) is 0 Å². The second-order valence-corrected chi connectivity index (χ2v) is 7.08. The largest absolute Gasteiger partial charge is 0.302 e. The van der Waals surface area contributed by atoms with Crippen molar-refractivity contribution in [1.82, 2.24) is 9.55 Å². The molecule has 0 aliphatic carbocycles. The van der Waals surface area contributed by atoms with E-state index in [-0.39, 0.29) is 0 Å². The van der Waals surface area contributed by atoms with Crippen LogP contribution in [0.15, 0.2) is 60.8 Å². The van der Waals surface area contributed by atoms with Crippen LogP contribution in [-0.2, 0) is 13.5 Å². The van der Waals surface area contributed by atoms with Crippen molar-refractivity contribution in [3.63, 3.8) is 0 Å². The first-order valence-electron chi connectivity index (χ1n) is 10.6. The first-order chi connectivity index (χ1) is 14.3. The van der Waals surface area contributed by atoms with Crippen molar-refractivity contribution < 1.29 is 8.68 Å². The highest BCUT2D eigenvalue weighted by Gasteiger charge is 2.23. The number of hydrogen-bond donors (Lipinski definition) is 0. The number of benzene rings is 2. The quantitative estimate of drug-likeness (QED) is 0.472. The number of aryl methyl sites for hydroxylation is 3. The van der Waals surface area contributed by atoms with Crippen molar-refractivity contribution in [3.05, 3.63) is 77.8 Å². The number of allylic oxidation sites excluding steroid dienone is 1. The molecule has 0 spiro atoms. The minimum atomic E-state index is -2.21. The molecule has 0 N–H and O–H groups in total. The fraction of sp³-hybridized carbons (Fsp3) is 0.167.